The molecule has 0 aliphatic rings. The first kappa shape index (κ1) is 13.9. The molecule has 3 nitrogen and oxygen atoms in total. The lowest BCUT2D eigenvalue weighted by molar-refractivity contribution is 0.557. The Morgan fingerprint density at radius 1 is 1.21 bits per heavy atom. The molecule has 4 heteroatoms. The summed E-state index contributed by atoms with van der Waals surface area (Å²) in [4.78, 5) is 6.41. The molecule has 0 saturated carbocycles. The number of rotatable bonds is 3. The molecule has 0 saturated heterocycles. The Bertz CT molecular complexity index is 615. The van der Waals surface area contributed by atoms with E-state index in [4.69, 9.17) is 4.42 Å². The second-order valence-corrected chi connectivity index (χ2v) is 5.60. The molecular formula is C15H17BrN2O. The van der Waals surface area contributed by atoms with Gasteiger partial charge < -0.3 is 9.32 Å². The zero-order valence-corrected chi connectivity index (χ0v) is 13.2. The topological polar surface area (TPSA) is 28.7 Å². The van der Waals surface area contributed by atoms with Gasteiger partial charge in [-0.2, -0.15) is 0 Å². The first-order valence-corrected chi connectivity index (χ1v) is 6.84. The minimum atomic E-state index is 0.733. The summed E-state index contributed by atoms with van der Waals surface area (Å²) in [5, 5.41) is 0. The smallest absolute Gasteiger partial charge is 0.210 e. The molecule has 0 unspecified atom stereocenters. The summed E-state index contributed by atoms with van der Waals surface area (Å²) in [7, 11) is 3.88. The molecule has 1 heterocycles. The molecule has 100 valence electrons. The first-order chi connectivity index (χ1) is 8.97. The van der Waals surface area contributed by atoms with Gasteiger partial charge in [-0.25, -0.2) is 0 Å². The van der Waals surface area contributed by atoms with E-state index in [1.54, 1.807) is 6.21 Å². The Labute approximate surface area is 122 Å². The highest BCUT2D eigenvalue weighted by Gasteiger charge is 2.09. The molecule has 0 atom stereocenters. The molecule has 0 aliphatic carbocycles. The maximum atomic E-state index is 5.70. The zero-order chi connectivity index (χ0) is 14.0. The van der Waals surface area contributed by atoms with Crippen LogP contribution in [0, 0.1) is 13.8 Å². The van der Waals surface area contributed by atoms with Crippen molar-refractivity contribution in [1.82, 2.24) is 0 Å². The molecule has 1 aromatic carbocycles. The van der Waals surface area contributed by atoms with Crippen LogP contribution in [0.1, 0.15) is 16.9 Å². The fourth-order valence-corrected chi connectivity index (χ4v) is 2.40. The van der Waals surface area contributed by atoms with E-state index in [-0.39, 0.29) is 0 Å². The molecule has 0 aliphatic heterocycles. The second-order valence-electron chi connectivity index (χ2n) is 4.74. The molecule has 0 spiro atoms. The van der Waals surface area contributed by atoms with Crippen LogP contribution >= 0.6 is 15.9 Å². The molecule has 2 rings (SSSR count). The monoisotopic (exact) mass is 320 g/mol. The number of hydrogen-bond donors (Lipinski definition) is 0. The predicted octanol–water partition coefficient (Wildman–Crippen LogP) is 4.48. The molecule has 0 amide bonds. The van der Waals surface area contributed by atoms with Gasteiger partial charge in [0.05, 0.1) is 16.4 Å². The van der Waals surface area contributed by atoms with E-state index in [0.29, 0.717) is 0 Å². The van der Waals surface area contributed by atoms with Crippen molar-refractivity contribution in [2.24, 2.45) is 4.99 Å². The Kier molecular flexibility index (Phi) is 4.10. The molecule has 0 bridgehead atoms. The predicted molar refractivity (Wildman–Crippen MR) is 83.9 cm³/mol. The van der Waals surface area contributed by atoms with Gasteiger partial charge in [-0.3, -0.25) is 4.99 Å². The van der Waals surface area contributed by atoms with Crippen molar-refractivity contribution in [2.75, 3.05) is 19.0 Å². The third-order valence-corrected chi connectivity index (χ3v) is 3.36. The fourth-order valence-electron chi connectivity index (χ4n) is 1.74. The molecule has 19 heavy (non-hydrogen) atoms. The highest BCUT2D eigenvalue weighted by molar-refractivity contribution is 9.10. The number of furan rings is 1. The molecular weight excluding hydrogens is 304 g/mol. The summed E-state index contributed by atoms with van der Waals surface area (Å²) in [5.41, 5.74) is 3.33. The van der Waals surface area contributed by atoms with Gasteiger partial charge in [0.25, 0.3) is 0 Å². The van der Waals surface area contributed by atoms with E-state index in [1.807, 2.05) is 25.1 Å². The minimum Gasteiger partial charge on any atom is -0.438 e. The number of hydrogen-bond acceptors (Lipinski definition) is 3. The van der Waals surface area contributed by atoms with E-state index in [2.05, 4.69) is 53.0 Å². The molecule has 0 fully saturated rings. The van der Waals surface area contributed by atoms with Crippen molar-refractivity contribution in [3.8, 4) is 0 Å². The van der Waals surface area contributed by atoms with Gasteiger partial charge in [-0.1, -0.05) is 12.1 Å². The van der Waals surface area contributed by atoms with Crippen molar-refractivity contribution >= 4 is 33.7 Å². The number of aryl methyl sites for hydroxylation is 2. The van der Waals surface area contributed by atoms with Crippen LogP contribution < -0.4 is 4.90 Å². The summed E-state index contributed by atoms with van der Waals surface area (Å²) >= 11 is 3.47. The highest BCUT2D eigenvalue weighted by Crippen LogP contribution is 2.28. The number of anilines is 1. The summed E-state index contributed by atoms with van der Waals surface area (Å²) in [6, 6.07) is 8.15. The van der Waals surface area contributed by atoms with Gasteiger partial charge in [0, 0.05) is 20.2 Å². The van der Waals surface area contributed by atoms with Crippen LogP contribution in [0.15, 0.2) is 38.1 Å². The quantitative estimate of drug-likeness (QED) is 0.780. The Balaban J connectivity index is 2.27. The highest BCUT2D eigenvalue weighted by atomic mass is 79.9. The Hall–Kier alpha value is -1.55. The van der Waals surface area contributed by atoms with Gasteiger partial charge in [0.15, 0.2) is 0 Å². The minimum absolute atomic E-state index is 0.733. The van der Waals surface area contributed by atoms with Gasteiger partial charge in [-0.15, -0.1) is 0 Å². The van der Waals surface area contributed by atoms with Crippen LogP contribution in [0.5, 0.6) is 0 Å². The van der Waals surface area contributed by atoms with Gasteiger partial charge in [-0.05, 0) is 47.0 Å². The van der Waals surface area contributed by atoms with Crippen molar-refractivity contribution in [3.05, 3.63) is 45.6 Å². The number of halogens is 1. The summed E-state index contributed by atoms with van der Waals surface area (Å²) in [6.07, 6.45) is 1.75. The second kappa shape index (κ2) is 5.61. The molecule has 0 radical (unpaired) electrons. The summed E-state index contributed by atoms with van der Waals surface area (Å²) in [5.74, 6) is 1.53. The van der Waals surface area contributed by atoms with E-state index >= 15 is 0 Å². The van der Waals surface area contributed by atoms with Crippen molar-refractivity contribution in [2.45, 2.75) is 13.8 Å². The van der Waals surface area contributed by atoms with Gasteiger partial charge in [0.1, 0.15) is 5.76 Å². The SMILES string of the molecule is Cc1ccc(C)c(N=Cc2cc(Br)c(N(C)C)o2)c1. The zero-order valence-electron chi connectivity index (χ0n) is 11.6. The van der Waals surface area contributed by atoms with E-state index in [1.165, 1.54) is 5.56 Å². The summed E-state index contributed by atoms with van der Waals surface area (Å²) in [6.45, 7) is 4.11. The van der Waals surface area contributed by atoms with Crippen LogP contribution in [-0.4, -0.2) is 20.3 Å². The van der Waals surface area contributed by atoms with Crippen LogP contribution in [0.25, 0.3) is 0 Å². The van der Waals surface area contributed by atoms with Crippen LogP contribution in [0.2, 0.25) is 0 Å². The maximum absolute atomic E-state index is 5.70. The normalized spacial score (nSPS) is 11.2. The third-order valence-electron chi connectivity index (χ3n) is 2.79. The lowest BCUT2D eigenvalue weighted by Crippen LogP contribution is -2.07. The van der Waals surface area contributed by atoms with Crippen LogP contribution in [0.4, 0.5) is 11.6 Å². The third kappa shape index (κ3) is 3.26. The summed E-state index contributed by atoms with van der Waals surface area (Å²) < 4.78 is 6.63. The van der Waals surface area contributed by atoms with E-state index in [0.717, 1.165) is 27.4 Å². The molecule has 1 aromatic heterocycles. The van der Waals surface area contributed by atoms with E-state index < -0.39 is 0 Å². The van der Waals surface area contributed by atoms with Crippen LogP contribution in [0.3, 0.4) is 0 Å². The van der Waals surface area contributed by atoms with Crippen molar-refractivity contribution < 1.29 is 4.42 Å². The number of benzene rings is 1. The van der Waals surface area contributed by atoms with Crippen molar-refractivity contribution in [1.29, 1.82) is 0 Å². The fraction of sp³-hybridized carbons (Fsp3) is 0.267. The van der Waals surface area contributed by atoms with Crippen molar-refractivity contribution in [3.63, 3.8) is 0 Å². The molecule has 2 aromatic rings. The van der Waals surface area contributed by atoms with E-state index in [9.17, 15) is 0 Å². The number of nitrogens with zero attached hydrogens (tertiary/aromatic N) is 2. The average molecular weight is 321 g/mol. The maximum Gasteiger partial charge on any atom is 0.210 e. The lowest BCUT2D eigenvalue weighted by Gasteiger charge is -2.07. The Morgan fingerprint density at radius 3 is 2.58 bits per heavy atom. The average Bonchev–Trinajstić information content (AvgIpc) is 2.72. The lowest BCUT2D eigenvalue weighted by atomic mass is 10.1. The van der Waals surface area contributed by atoms with Gasteiger partial charge in [0.2, 0.25) is 5.88 Å². The number of aliphatic imine (C=N–C) groups is 1. The largest absolute Gasteiger partial charge is 0.438 e. The molecule has 0 N–H and O–H groups in total. The van der Waals surface area contributed by atoms with Crippen LogP contribution in [-0.2, 0) is 0 Å². The standard InChI is InChI=1S/C15H17BrN2O/c1-10-5-6-11(2)14(7-10)17-9-12-8-13(16)15(19-12)18(3)4/h5-9H,1-4H3. The van der Waals surface area contributed by atoms with Gasteiger partial charge >= 0.3 is 0 Å². The Morgan fingerprint density at radius 2 is 1.95 bits per heavy atom. The first-order valence-electron chi connectivity index (χ1n) is 6.05.